The number of amides is 1. The first-order chi connectivity index (χ1) is 13.7. The molecule has 1 saturated heterocycles. The number of piperidine rings is 1. The van der Waals surface area contributed by atoms with Crippen LogP contribution < -0.4 is 0 Å². The zero-order valence-electron chi connectivity index (χ0n) is 15.7. The molecule has 1 atom stereocenters. The normalized spacial score (nSPS) is 16.9. The minimum atomic E-state index is -0.248. The number of esters is 1. The molecule has 1 aliphatic heterocycles. The second-order valence-corrected chi connectivity index (χ2v) is 6.85. The van der Waals surface area contributed by atoms with Crippen LogP contribution in [0.5, 0.6) is 0 Å². The molecule has 1 fully saturated rings. The van der Waals surface area contributed by atoms with Crippen LogP contribution in [0.2, 0.25) is 0 Å². The Morgan fingerprint density at radius 3 is 2.96 bits per heavy atom. The Kier molecular flexibility index (Phi) is 5.06. The van der Waals surface area contributed by atoms with Gasteiger partial charge in [-0.1, -0.05) is 6.07 Å². The molecule has 7 nitrogen and oxygen atoms in total. The Morgan fingerprint density at radius 1 is 1.21 bits per heavy atom. The van der Waals surface area contributed by atoms with E-state index < -0.39 is 0 Å². The summed E-state index contributed by atoms with van der Waals surface area (Å²) in [5.74, 6) is -0.541. The van der Waals surface area contributed by atoms with Crippen LogP contribution >= 0.6 is 0 Å². The molecule has 144 valence electrons. The molecule has 0 unspecified atom stereocenters. The van der Waals surface area contributed by atoms with Crippen molar-refractivity contribution in [1.82, 2.24) is 19.4 Å². The number of pyridine rings is 1. The number of hydrogen-bond acceptors (Lipinski definition) is 5. The molecule has 0 aliphatic carbocycles. The number of imidazole rings is 1. The molecule has 1 amide bonds. The molecule has 28 heavy (non-hydrogen) atoms. The lowest BCUT2D eigenvalue weighted by molar-refractivity contribution is -0.149. The smallest absolute Gasteiger partial charge is 0.310 e. The number of ether oxygens (including phenoxy) is 1. The van der Waals surface area contributed by atoms with E-state index in [0.717, 1.165) is 29.7 Å². The Hall–Kier alpha value is -3.22. The zero-order chi connectivity index (χ0) is 19.5. The molecule has 7 heteroatoms. The van der Waals surface area contributed by atoms with Crippen molar-refractivity contribution >= 4 is 23.0 Å². The summed E-state index contributed by atoms with van der Waals surface area (Å²) in [5, 5.41) is 0. The summed E-state index contributed by atoms with van der Waals surface area (Å²) in [4.78, 5) is 35.6. The summed E-state index contributed by atoms with van der Waals surface area (Å²) in [6.45, 7) is 3.20. The van der Waals surface area contributed by atoms with Crippen LogP contribution in [0.1, 0.15) is 30.1 Å². The van der Waals surface area contributed by atoms with Crippen molar-refractivity contribution in [3.05, 3.63) is 54.5 Å². The van der Waals surface area contributed by atoms with E-state index in [9.17, 15) is 9.59 Å². The van der Waals surface area contributed by atoms with E-state index in [1.54, 1.807) is 30.4 Å². The van der Waals surface area contributed by atoms with Crippen LogP contribution in [0.3, 0.4) is 0 Å². The summed E-state index contributed by atoms with van der Waals surface area (Å²) in [6.07, 6.45) is 4.98. The number of fused-ring (bicyclic) bond motifs is 1. The fraction of sp³-hybridized carbons (Fsp3) is 0.333. The van der Waals surface area contributed by atoms with Crippen molar-refractivity contribution in [2.24, 2.45) is 5.92 Å². The number of rotatable bonds is 4. The molecular weight excluding hydrogens is 356 g/mol. The maximum atomic E-state index is 13.0. The molecule has 0 radical (unpaired) electrons. The highest BCUT2D eigenvalue weighted by Crippen LogP contribution is 2.22. The fourth-order valence-electron chi connectivity index (χ4n) is 3.62. The van der Waals surface area contributed by atoms with Gasteiger partial charge in [0.05, 0.1) is 12.5 Å². The van der Waals surface area contributed by atoms with Crippen molar-refractivity contribution in [3.8, 4) is 5.69 Å². The van der Waals surface area contributed by atoms with Gasteiger partial charge in [0.25, 0.3) is 5.91 Å². The number of aromatic nitrogens is 3. The van der Waals surface area contributed by atoms with Gasteiger partial charge in [0, 0.05) is 30.5 Å². The van der Waals surface area contributed by atoms with E-state index in [1.807, 2.05) is 34.9 Å². The number of nitrogens with zero attached hydrogens (tertiary/aromatic N) is 4. The first-order valence-electron chi connectivity index (χ1n) is 9.52. The Labute approximate surface area is 163 Å². The largest absolute Gasteiger partial charge is 0.466 e. The number of hydrogen-bond donors (Lipinski definition) is 0. The maximum absolute atomic E-state index is 13.0. The van der Waals surface area contributed by atoms with Crippen LogP contribution in [0.25, 0.3) is 16.9 Å². The molecule has 0 spiro atoms. The highest BCUT2D eigenvalue weighted by molar-refractivity contribution is 5.95. The van der Waals surface area contributed by atoms with E-state index in [4.69, 9.17) is 4.74 Å². The number of carbonyl (C=O) groups excluding carboxylic acids is 2. The van der Waals surface area contributed by atoms with E-state index >= 15 is 0 Å². The van der Waals surface area contributed by atoms with Crippen LogP contribution in [-0.4, -0.2) is 51.0 Å². The van der Waals surface area contributed by atoms with Gasteiger partial charge in [-0.25, -0.2) is 9.97 Å². The van der Waals surface area contributed by atoms with Crippen LogP contribution in [0.4, 0.5) is 0 Å². The molecule has 3 heterocycles. The van der Waals surface area contributed by atoms with Crippen molar-refractivity contribution in [3.63, 3.8) is 0 Å². The highest BCUT2D eigenvalue weighted by Gasteiger charge is 2.29. The molecule has 0 N–H and O–H groups in total. The van der Waals surface area contributed by atoms with Crippen LogP contribution in [0.15, 0.2) is 48.9 Å². The number of carbonyl (C=O) groups is 2. The van der Waals surface area contributed by atoms with E-state index in [-0.39, 0.29) is 17.8 Å². The van der Waals surface area contributed by atoms with Crippen molar-refractivity contribution in [2.75, 3.05) is 19.7 Å². The molecule has 2 aromatic heterocycles. The van der Waals surface area contributed by atoms with E-state index in [1.165, 1.54) is 0 Å². The van der Waals surface area contributed by atoms with Gasteiger partial charge in [-0.05, 0) is 50.1 Å². The molecule has 1 aromatic carbocycles. The Morgan fingerprint density at radius 2 is 2.11 bits per heavy atom. The summed E-state index contributed by atoms with van der Waals surface area (Å²) in [7, 11) is 0. The minimum absolute atomic E-state index is 0.0757. The van der Waals surface area contributed by atoms with E-state index in [2.05, 4.69) is 9.97 Å². The molecular formula is C21H22N4O3. The third-order valence-corrected chi connectivity index (χ3v) is 5.01. The second kappa shape index (κ2) is 7.80. The van der Waals surface area contributed by atoms with Crippen LogP contribution in [0, 0.1) is 5.92 Å². The first-order valence-corrected chi connectivity index (χ1v) is 9.52. The fourth-order valence-corrected chi connectivity index (χ4v) is 3.62. The summed E-state index contributed by atoms with van der Waals surface area (Å²) in [5.41, 5.74) is 2.95. The standard InChI is InChI=1S/C21H22N4O3/c1-2-28-21(27)16-7-5-11-24(13-16)20(26)15-6-3-8-17(12-15)25-14-23-18-9-4-10-22-19(18)25/h3-4,6,8-10,12,14,16H,2,5,7,11,13H2,1H3/t16-/m0/s1. The van der Waals surface area contributed by atoms with E-state index in [0.29, 0.717) is 25.3 Å². The monoisotopic (exact) mass is 378 g/mol. The average Bonchev–Trinajstić information content (AvgIpc) is 3.18. The molecule has 0 saturated carbocycles. The average molecular weight is 378 g/mol. The second-order valence-electron chi connectivity index (χ2n) is 6.85. The predicted molar refractivity (Wildman–Crippen MR) is 104 cm³/mol. The van der Waals surface area contributed by atoms with Gasteiger partial charge >= 0.3 is 5.97 Å². The van der Waals surface area contributed by atoms with Gasteiger partial charge < -0.3 is 9.64 Å². The van der Waals surface area contributed by atoms with Gasteiger partial charge in [0.15, 0.2) is 5.65 Å². The van der Waals surface area contributed by atoms with Crippen LogP contribution in [-0.2, 0) is 9.53 Å². The highest BCUT2D eigenvalue weighted by atomic mass is 16.5. The Balaban J connectivity index is 1.57. The zero-order valence-corrected chi connectivity index (χ0v) is 15.7. The van der Waals surface area contributed by atoms with Gasteiger partial charge in [-0.15, -0.1) is 0 Å². The van der Waals surface area contributed by atoms with Gasteiger partial charge in [-0.3, -0.25) is 14.2 Å². The van der Waals surface area contributed by atoms with Gasteiger partial charge in [0.1, 0.15) is 11.8 Å². The quantitative estimate of drug-likeness (QED) is 0.653. The lowest BCUT2D eigenvalue weighted by atomic mass is 9.97. The Bertz CT molecular complexity index is 1010. The minimum Gasteiger partial charge on any atom is -0.466 e. The molecule has 4 rings (SSSR count). The molecule has 1 aliphatic rings. The molecule has 0 bridgehead atoms. The van der Waals surface area contributed by atoms with Crippen molar-refractivity contribution in [2.45, 2.75) is 19.8 Å². The lowest BCUT2D eigenvalue weighted by Gasteiger charge is -2.31. The maximum Gasteiger partial charge on any atom is 0.310 e. The number of likely N-dealkylation sites (tertiary alicyclic amines) is 1. The third kappa shape index (κ3) is 3.47. The van der Waals surface area contributed by atoms with Crippen molar-refractivity contribution < 1.29 is 14.3 Å². The summed E-state index contributed by atoms with van der Waals surface area (Å²) < 4.78 is 6.99. The topological polar surface area (TPSA) is 77.3 Å². The number of benzene rings is 1. The SMILES string of the molecule is CCOC(=O)[C@H]1CCCN(C(=O)c2cccc(-n3cnc4cccnc43)c2)C1. The first kappa shape index (κ1) is 18.2. The summed E-state index contributed by atoms with van der Waals surface area (Å²) in [6, 6.07) is 11.2. The third-order valence-electron chi connectivity index (χ3n) is 5.01. The van der Waals surface area contributed by atoms with Crippen molar-refractivity contribution in [1.29, 1.82) is 0 Å². The summed E-state index contributed by atoms with van der Waals surface area (Å²) >= 11 is 0. The van der Waals surface area contributed by atoms with Gasteiger partial charge in [0.2, 0.25) is 0 Å². The molecule has 3 aromatic rings. The predicted octanol–water partition coefficient (Wildman–Crippen LogP) is 2.84. The van der Waals surface area contributed by atoms with Gasteiger partial charge in [-0.2, -0.15) is 0 Å². The lowest BCUT2D eigenvalue weighted by Crippen LogP contribution is -2.42.